The molecule has 132 valence electrons. The van der Waals surface area contributed by atoms with E-state index in [9.17, 15) is 4.79 Å². The molecule has 1 aliphatic rings. The van der Waals surface area contributed by atoms with Gasteiger partial charge >= 0.3 is 0 Å². The van der Waals surface area contributed by atoms with Gasteiger partial charge < -0.3 is 10.1 Å². The molecule has 0 aliphatic carbocycles. The molecule has 0 atom stereocenters. The fourth-order valence-electron chi connectivity index (χ4n) is 3.11. The number of likely N-dealkylation sites (tertiary alicyclic amines) is 1. The molecule has 2 aromatic carbocycles. The Labute approximate surface area is 149 Å². The highest BCUT2D eigenvalue weighted by atomic mass is 16.5. The van der Waals surface area contributed by atoms with Crippen LogP contribution >= 0.6 is 0 Å². The van der Waals surface area contributed by atoms with Gasteiger partial charge in [-0.1, -0.05) is 24.3 Å². The summed E-state index contributed by atoms with van der Waals surface area (Å²) >= 11 is 0. The van der Waals surface area contributed by atoms with E-state index >= 15 is 0 Å². The summed E-state index contributed by atoms with van der Waals surface area (Å²) in [6.45, 7) is 7.42. The number of hydrogen-bond donors (Lipinski definition) is 1. The molecule has 3 rings (SSSR count). The zero-order chi connectivity index (χ0) is 17.6. The lowest BCUT2D eigenvalue weighted by Crippen LogP contribution is -2.20. The van der Waals surface area contributed by atoms with Gasteiger partial charge in [0.2, 0.25) is 0 Å². The van der Waals surface area contributed by atoms with E-state index in [0.29, 0.717) is 0 Å². The number of rotatable bonds is 6. The molecule has 0 radical (unpaired) electrons. The molecule has 4 nitrogen and oxygen atoms in total. The van der Waals surface area contributed by atoms with E-state index in [1.54, 1.807) is 0 Å². The summed E-state index contributed by atoms with van der Waals surface area (Å²) in [4.78, 5) is 14.6. The summed E-state index contributed by atoms with van der Waals surface area (Å²) < 4.78 is 5.65. The number of nitrogens with one attached hydrogen (secondary N) is 1. The Kier molecular flexibility index (Phi) is 5.71. The third-order valence-corrected chi connectivity index (χ3v) is 4.76. The van der Waals surface area contributed by atoms with Crippen LogP contribution in [0.2, 0.25) is 0 Å². The van der Waals surface area contributed by atoms with E-state index in [0.717, 1.165) is 29.1 Å². The molecule has 1 amide bonds. The highest BCUT2D eigenvalue weighted by molar-refractivity contribution is 5.91. The van der Waals surface area contributed by atoms with Crippen molar-refractivity contribution in [2.24, 2.45) is 0 Å². The Morgan fingerprint density at radius 3 is 2.52 bits per heavy atom. The fourth-order valence-corrected chi connectivity index (χ4v) is 3.11. The van der Waals surface area contributed by atoms with E-state index in [-0.39, 0.29) is 12.5 Å². The molecule has 0 bridgehead atoms. The highest BCUT2D eigenvalue weighted by Gasteiger charge is 2.12. The van der Waals surface area contributed by atoms with Crippen molar-refractivity contribution in [3.63, 3.8) is 0 Å². The molecule has 0 spiro atoms. The molecule has 25 heavy (non-hydrogen) atoms. The van der Waals surface area contributed by atoms with Gasteiger partial charge in [-0.3, -0.25) is 9.69 Å². The number of nitrogens with zero attached hydrogens (tertiary/aromatic N) is 1. The Morgan fingerprint density at radius 1 is 1.08 bits per heavy atom. The quantitative estimate of drug-likeness (QED) is 0.868. The average molecular weight is 338 g/mol. The van der Waals surface area contributed by atoms with E-state index in [4.69, 9.17) is 4.74 Å². The van der Waals surface area contributed by atoms with Crippen molar-refractivity contribution in [1.29, 1.82) is 0 Å². The predicted molar refractivity (Wildman–Crippen MR) is 101 cm³/mol. The minimum atomic E-state index is -0.145. The summed E-state index contributed by atoms with van der Waals surface area (Å²) in [6.07, 6.45) is 2.60. The van der Waals surface area contributed by atoms with Crippen LogP contribution < -0.4 is 10.1 Å². The first kappa shape index (κ1) is 17.5. The Bertz CT molecular complexity index is 719. The number of aryl methyl sites for hydroxylation is 1. The maximum absolute atomic E-state index is 12.1. The number of amides is 1. The maximum Gasteiger partial charge on any atom is 0.262 e. The van der Waals surface area contributed by atoms with Crippen LogP contribution in [-0.4, -0.2) is 30.5 Å². The van der Waals surface area contributed by atoms with Gasteiger partial charge in [-0.05, 0) is 74.7 Å². The van der Waals surface area contributed by atoms with E-state index in [2.05, 4.69) is 22.3 Å². The van der Waals surface area contributed by atoms with Gasteiger partial charge in [-0.2, -0.15) is 0 Å². The lowest BCUT2D eigenvalue weighted by molar-refractivity contribution is -0.118. The van der Waals surface area contributed by atoms with Gasteiger partial charge in [-0.25, -0.2) is 0 Å². The fraction of sp³-hybridized carbons (Fsp3) is 0.381. The van der Waals surface area contributed by atoms with Gasteiger partial charge in [-0.15, -0.1) is 0 Å². The minimum Gasteiger partial charge on any atom is -0.483 e. The van der Waals surface area contributed by atoms with Gasteiger partial charge in [0.25, 0.3) is 5.91 Å². The standard InChI is InChI=1S/C21H26N2O2/c1-16-6-5-7-20(17(16)2)25-15-21(24)22-19-10-8-18(9-11-19)14-23-12-3-4-13-23/h5-11H,3-4,12-15H2,1-2H3,(H,22,24). The van der Waals surface area contributed by atoms with Crippen molar-refractivity contribution < 1.29 is 9.53 Å². The zero-order valence-electron chi connectivity index (χ0n) is 15.0. The van der Waals surface area contributed by atoms with E-state index in [1.165, 1.54) is 31.5 Å². The Morgan fingerprint density at radius 2 is 1.80 bits per heavy atom. The molecule has 0 saturated carbocycles. The molecule has 0 aromatic heterocycles. The number of anilines is 1. The third kappa shape index (κ3) is 4.83. The van der Waals surface area contributed by atoms with Gasteiger partial charge in [0, 0.05) is 12.2 Å². The number of benzene rings is 2. The van der Waals surface area contributed by atoms with Gasteiger partial charge in [0.1, 0.15) is 5.75 Å². The molecule has 1 aliphatic heterocycles. The summed E-state index contributed by atoms with van der Waals surface area (Å²) in [5.41, 5.74) is 4.32. The second-order valence-electron chi connectivity index (χ2n) is 6.72. The molecule has 1 N–H and O–H groups in total. The second-order valence-corrected chi connectivity index (χ2v) is 6.72. The third-order valence-electron chi connectivity index (χ3n) is 4.76. The second kappa shape index (κ2) is 8.17. The molecule has 1 heterocycles. The van der Waals surface area contributed by atoms with Gasteiger partial charge in [0.15, 0.2) is 6.61 Å². The summed E-state index contributed by atoms with van der Waals surface area (Å²) in [5, 5.41) is 2.89. The predicted octanol–water partition coefficient (Wildman–Crippen LogP) is 3.92. The monoisotopic (exact) mass is 338 g/mol. The number of carbonyl (C=O) groups excluding carboxylic acids is 1. The van der Waals surface area contributed by atoms with Crippen molar-refractivity contribution in [1.82, 2.24) is 4.90 Å². The van der Waals surface area contributed by atoms with Crippen molar-refractivity contribution in [2.75, 3.05) is 25.0 Å². The average Bonchev–Trinajstić information content (AvgIpc) is 3.11. The normalized spacial score (nSPS) is 14.5. The van der Waals surface area contributed by atoms with Crippen molar-refractivity contribution in [3.8, 4) is 5.75 Å². The SMILES string of the molecule is Cc1cccc(OCC(=O)Nc2ccc(CN3CCCC3)cc2)c1C. The van der Waals surface area contributed by atoms with Crippen LogP contribution in [0.3, 0.4) is 0 Å². The Hall–Kier alpha value is -2.33. The minimum absolute atomic E-state index is 0.0137. The maximum atomic E-state index is 12.1. The lowest BCUT2D eigenvalue weighted by atomic mass is 10.1. The van der Waals surface area contributed by atoms with Crippen molar-refractivity contribution >= 4 is 11.6 Å². The smallest absolute Gasteiger partial charge is 0.262 e. The van der Waals surface area contributed by atoms with Crippen LogP contribution in [0, 0.1) is 13.8 Å². The summed E-state index contributed by atoms with van der Waals surface area (Å²) in [7, 11) is 0. The number of ether oxygens (including phenoxy) is 1. The summed E-state index contributed by atoms with van der Waals surface area (Å²) in [6, 6.07) is 13.9. The first-order valence-electron chi connectivity index (χ1n) is 8.92. The molecule has 1 fully saturated rings. The van der Waals surface area contributed by atoms with Crippen LogP contribution in [0.5, 0.6) is 5.75 Å². The molecular weight excluding hydrogens is 312 g/mol. The molecule has 2 aromatic rings. The molecule has 1 saturated heterocycles. The zero-order valence-corrected chi connectivity index (χ0v) is 15.0. The Balaban J connectivity index is 1.49. The van der Waals surface area contributed by atoms with E-state index in [1.807, 2.05) is 44.2 Å². The van der Waals surface area contributed by atoms with Crippen LogP contribution in [0.15, 0.2) is 42.5 Å². The summed E-state index contributed by atoms with van der Waals surface area (Å²) in [5.74, 6) is 0.615. The topological polar surface area (TPSA) is 41.6 Å². The van der Waals surface area contributed by atoms with Crippen LogP contribution in [0.4, 0.5) is 5.69 Å². The first-order chi connectivity index (χ1) is 12.1. The first-order valence-corrected chi connectivity index (χ1v) is 8.92. The van der Waals surface area contributed by atoms with Crippen LogP contribution in [0.25, 0.3) is 0 Å². The molecule has 4 heteroatoms. The van der Waals surface area contributed by atoms with Crippen molar-refractivity contribution in [2.45, 2.75) is 33.2 Å². The largest absolute Gasteiger partial charge is 0.483 e. The van der Waals surface area contributed by atoms with E-state index < -0.39 is 0 Å². The van der Waals surface area contributed by atoms with Crippen molar-refractivity contribution in [3.05, 3.63) is 59.2 Å². The molecule has 0 unspecified atom stereocenters. The lowest BCUT2D eigenvalue weighted by Gasteiger charge is -2.15. The number of hydrogen-bond acceptors (Lipinski definition) is 3. The molecular formula is C21H26N2O2. The highest BCUT2D eigenvalue weighted by Crippen LogP contribution is 2.20. The van der Waals surface area contributed by atoms with Gasteiger partial charge in [0.05, 0.1) is 0 Å². The number of carbonyl (C=O) groups is 1. The van der Waals surface area contributed by atoms with Crippen LogP contribution in [-0.2, 0) is 11.3 Å². The van der Waals surface area contributed by atoms with Crippen LogP contribution in [0.1, 0.15) is 29.5 Å².